The third kappa shape index (κ3) is 3.04. The Labute approximate surface area is 135 Å². The molecule has 1 heterocycles. The smallest absolute Gasteiger partial charge is 0.270 e. The zero-order valence-corrected chi connectivity index (χ0v) is 12.8. The summed E-state index contributed by atoms with van der Waals surface area (Å²) in [6.07, 6.45) is 0. The molecular formula is C16H11FN2O3S. The average Bonchev–Trinajstić information content (AvgIpc) is 3.05. The molecule has 0 unspecified atom stereocenters. The van der Waals surface area contributed by atoms with Crippen molar-refractivity contribution in [3.63, 3.8) is 0 Å². The van der Waals surface area contributed by atoms with E-state index in [2.05, 4.69) is 4.98 Å². The van der Waals surface area contributed by atoms with Crippen LogP contribution < -0.4 is 4.74 Å². The zero-order chi connectivity index (χ0) is 16.4. The van der Waals surface area contributed by atoms with Gasteiger partial charge < -0.3 is 4.74 Å². The number of nitro groups is 1. The zero-order valence-electron chi connectivity index (χ0n) is 12.0. The molecule has 2 aromatic carbocycles. The number of halogens is 1. The summed E-state index contributed by atoms with van der Waals surface area (Å²) in [5.41, 5.74) is 1.90. The first-order valence-corrected chi connectivity index (χ1v) is 7.50. The van der Waals surface area contributed by atoms with Crippen LogP contribution in [-0.2, 0) is 0 Å². The number of aromatic nitrogens is 1. The second-order valence-electron chi connectivity index (χ2n) is 4.69. The van der Waals surface area contributed by atoms with Gasteiger partial charge in [0.1, 0.15) is 5.01 Å². The first-order chi connectivity index (χ1) is 11.1. The van der Waals surface area contributed by atoms with Crippen molar-refractivity contribution in [2.75, 3.05) is 7.11 Å². The van der Waals surface area contributed by atoms with Crippen LogP contribution in [0.1, 0.15) is 0 Å². The molecule has 0 saturated heterocycles. The van der Waals surface area contributed by atoms with Crippen molar-refractivity contribution in [3.05, 3.63) is 63.8 Å². The molecule has 0 radical (unpaired) electrons. The number of nitrogens with zero attached hydrogens (tertiary/aromatic N) is 2. The Morgan fingerprint density at radius 1 is 1.22 bits per heavy atom. The minimum absolute atomic E-state index is 0.00902. The fraction of sp³-hybridized carbons (Fsp3) is 0.0625. The van der Waals surface area contributed by atoms with Crippen LogP contribution in [0, 0.1) is 15.9 Å². The van der Waals surface area contributed by atoms with Crippen LogP contribution in [0.5, 0.6) is 5.75 Å². The van der Waals surface area contributed by atoms with Gasteiger partial charge in [0.15, 0.2) is 11.6 Å². The van der Waals surface area contributed by atoms with Crippen LogP contribution in [0.2, 0.25) is 0 Å². The minimum atomic E-state index is -0.463. The third-order valence-electron chi connectivity index (χ3n) is 3.26. The molecule has 0 saturated carbocycles. The van der Waals surface area contributed by atoms with Gasteiger partial charge >= 0.3 is 0 Å². The molecule has 0 amide bonds. The number of ether oxygens (including phenoxy) is 1. The Bertz CT molecular complexity index is 879. The first-order valence-electron chi connectivity index (χ1n) is 6.63. The van der Waals surface area contributed by atoms with Crippen molar-refractivity contribution < 1.29 is 14.1 Å². The monoisotopic (exact) mass is 330 g/mol. The SMILES string of the molecule is COc1ccc(-c2csc(-c3cccc([N+](=O)[O-])c3)n2)cc1F. The van der Waals surface area contributed by atoms with E-state index in [1.807, 2.05) is 0 Å². The van der Waals surface area contributed by atoms with Gasteiger partial charge in [0.05, 0.1) is 17.7 Å². The highest BCUT2D eigenvalue weighted by Gasteiger charge is 2.12. The quantitative estimate of drug-likeness (QED) is 0.520. The van der Waals surface area contributed by atoms with Gasteiger partial charge in [-0.15, -0.1) is 11.3 Å². The Kier molecular flexibility index (Phi) is 4.03. The summed E-state index contributed by atoms with van der Waals surface area (Å²) >= 11 is 1.35. The number of hydrogen-bond donors (Lipinski definition) is 0. The summed E-state index contributed by atoms with van der Waals surface area (Å²) in [5, 5.41) is 13.3. The first kappa shape index (κ1) is 15.1. The summed E-state index contributed by atoms with van der Waals surface area (Å²) in [4.78, 5) is 14.8. The second-order valence-corrected chi connectivity index (χ2v) is 5.55. The van der Waals surface area contributed by atoms with E-state index < -0.39 is 10.7 Å². The molecule has 5 nitrogen and oxygen atoms in total. The van der Waals surface area contributed by atoms with E-state index in [0.717, 1.165) is 0 Å². The van der Waals surface area contributed by atoms with E-state index in [1.54, 1.807) is 23.6 Å². The van der Waals surface area contributed by atoms with E-state index >= 15 is 0 Å². The molecule has 23 heavy (non-hydrogen) atoms. The van der Waals surface area contributed by atoms with E-state index in [1.165, 1.54) is 42.7 Å². The van der Waals surface area contributed by atoms with E-state index in [0.29, 0.717) is 21.8 Å². The van der Waals surface area contributed by atoms with Crippen molar-refractivity contribution in [2.24, 2.45) is 0 Å². The molecule has 0 spiro atoms. The van der Waals surface area contributed by atoms with Gasteiger partial charge in [0.25, 0.3) is 5.69 Å². The van der Waals surface area contributed by atoms with Gasteiger partial charge in [-0.05, 0) is 18.2 Å². The van der Waals surface area contributed by atoms with Crippen LogP contribution in [-0.4, -0.2) is 17.0 Å². The summed E-state index contributed by atoms with van der Waals surface area (Å²) in [6, 6.07) is 10.9. The largest absolute Gasteiger partial charge is 0.494 e. The lowest BCUT2D eigenvalue weighted by atomic mass is 10.1. The van der Waals surface area contributed by atoms with Crippen LogP contribution >= 0.6 is 11.3 Å². The Morgan fingerprint density at radius 2 is 2.04 bits per heavy atom. The topological polar surface area (TPSA) is 65.3 Å². The van der Waals surface area contributed by atoms with Gasteiger partial charge in [0, 0.05) is 28.6 Å². The Balaban J connectivity index is 1.96. The molecule has 7 heteroatoms. The number of thiazole rings is 1. The number of methoxy groups -OCH3 is 1. The number of nitro benzene ring substituents is 1. The van der Waals surface area contributed by atoms with Crippen molar-refractivity contribution in [3.8, 4) is 27.6 Å². The Hall–Kier alpha value is -2.80. The lowest BCUT2D eigenvalue weighted by molar-refractivity contribution is -0.384. The van der Waals surface area contributed by atoms with Crippen LogP contribution in [0.25, 0.3) is 21.8 Å². The van der Waals surface area contributed by atoms with Crippen molar-refractivity contribution in [1.29, 1.82) is 0 Å². The maximum Gasteiger partial charge on any atom is 0.270 e. The maximum atomic E-state index is 13.8. The van der Waals surface area contributed by atoms with E-state index in [-0.39, 0.29) is 11.4 Å². The molecule has 116 valence electrons. The highest BCUT2D eigenvalue weighted by atomic mass is 32.1. The highest BCUT2D eigenvalue weighted by molar-refractivity contribution is 7.13. The predicted octanol–water partition coefficient (Wildman–Crippen LogP) is 4.53. The minimum Gasteiger partial charge on any atom is -0.494 e. The molecule has 1 aromatic heterocycles. The molecular weight excluding hydrogens is 319 g/mol. The molecule has 3 aromatic rings. The van der Waals surface area contributed by atoms with Crippen molar-refractivity contribution in [2.45, 2.75) is 0 Å². The fourth-order valence-electron chi connectivity index (χ4n) is 2.12. The standard InChI is InChI=1S/C16H11FN2O3S/c1-22-15-6-5-10(8-13(15)17)14-9-23-16(18-14)11-3-2-4-12(7-11)19(20)21/h2-9H,1H3. The highest BCUT2D eigenvalue weighted by Crippen LogP contribution is 2.32. The van der Waals surface area contributed by atoms with E-state index in [9.17, 15) is 14.5 Å². The fourth-order valence-corrected chi connectivity index (χ4v) is 2.94. The molecule has 0 N–H and O–H groups in total. The molecule has 0 aliphatic heterocycles. The number of rotatable bonds is 4. The molecule has 0 atom stereocenters. The average molecular weight is 330 g/mol. The molecule has 0 aliphatic rings. The molecule has 0 aliphatic carbocycles. The van der Waals surface area contributed by atoms with Gasteiger partial charge in [-0.25, -0.2) is 9.37 Å². The summed E-state index contributed by atoms with van der Waals surface area (Å²) in [7, 11) is 1.40. The molecule has 0 fully saturated rings. The number of hydrogen-bond acceptors (Lipinski definition) is 5. The predicted molar refractivity (Wildman–Crippen MR) is 86.2 cm³/mol. The van der Waals surface area contributed by atoms with Gasteiger partial charge in [-0.2, -0.15) is 0 Å². The van der Waals surface area contributed by atoms with E-state index in [4.69, 9.17) is 4.74 Å². The summed E-state index contributed by atoms with van der Waals surface area (Å²) in [6.45, 7) is 0. The van der Waals surface area contributed by atoms with Crippen LogP contribution in [0.3, 0.4) is 0 Å². The van der Waals surface area contributed by atoms with Crippen LogP contribution in [0.15, 0.2) is 47.8 Å². The van der Waals surface area contributed by atoms with Gasteiger partial charge in [-0.1, -0.05) is 12.1 Å². The second kappa shape index (κ2) is 6.13. The normalized spacial score (nSPS) is 10.5. The summed E-state index contributed by atoms with van der Waals surface area (Å²) in [5.74, 6) is -0.294. The maximum absolute atomic E-state index is 13.8. The molecule has 0 bridgehead atoms. The van der Waals surface area contributed by atoms with Crippen molar-refractivity contribution >= 4 is 17.0 Å². The third-order valence-corrected chi connectivity index (χ3v) is 4.15. The van der Waals surface area contributed by atoms with Gasteiger partial charge in [-0.3, -0.25) is 10.1 Å². The molecule has 3 rings (SSSR count). The lowest BCUT2D eigenvalue weighted by Gasteiger charge is -2.03. The Morgan fingerprint density at radius 3 is 2.74 bits per heavy atom. The lowest BCUT2D eigenvalue weighted by Crippen LogP contribution is -1.89. The van der Waals surface area contributed by atoms with Crippen molar-refractivity contribution in [1.82, 2.24) is 4.98 Å². The van der Waals surface area contributed by atoms with Crippen LogP contribution in [0.4, 0.5) is 10.1 Å². The number of benzene rings is 2. The van der Waals surface area contributed by atoms with Gasteiger partial charge in [0.2, 0.25) is 0 Å². The summed E-state index contributed by atoms with van der Waals surface area (Å²) < 4.78 is 18.7. The number of non-ortho nitro benzene ring substituents is 1.